The Bertz CT molecular complexity index is 227. The van der Waals surface area contributed by atoms with Crippen LogP contribution in [0.15, 0.2) is 0 Å². The van der Waals surface area contributed by atoms with Crippen LogP contribution in [-0.4, -0.2) is 42.5 Å². The van der Waals surface area contributed by atoms with Gasteiger partial charge in [0.2, 0.25) is 5.91 Å². The average molecular weight is 241 g/mol. The van der Waals surface area contributed by atoms with Crippen LogP contribution in [0.3, 0.4) is 0 Å². The average Bonchev–Trinajstić information content (AvgIpc) is 2.36. The largest absolute Gasteiger partial charge is 0.352 e. The fourth-order valence-corrected chi connectivity index (χ4v) is 2.53. The molecule has 17 heavy (non-hydrogen) atoms. The van der Waals surface area contributed by atoms with Crippen molar-refractivity contribution in [1.29, 1.82) is 0 Å². The van der Waals surface area contributed by atoms with Crippen LogP contribution in [0.4, 0.5) is 0 Å². The van der Waals surface area contributed by atoms with Gasteiger partial charge in [-0.3, -0.25) is 9.69 Å². The van der Waals surface area contributed by atoms with Crippen LogP contribution < -0.4 is 11.1 Å². The third-order valence-corrected chi connectivity index (χ3v) is 3.70. The number of rotatable bonds is 6. The van der Waals surface area contributed by atoms with E-state index >= 15 is 0 Å². The molecule has 1 aliphatic rings. The first kappa shape index (κ1) is 14.5. The first-order valence-corrected chi connectivity index (χ1v) is 6.93. The SMILES string of the molecule is CCN(CCN)C(C)C(=O)NC1CCCCC1. The normalized spacial score (nSPS) is 19.3. The Morgan fingerprint density at radius 1 is 1.41 bits per heavy atom. The maximum absolute atomic E-state index is 12.1. The predicted molar refractivity (Wildman–Crippen MR) is 70.8 cm³/mol. The number of hydrogen-bond acceptors (Lipinski definition) is 3. The Balaban J connectivity index is 2.38. The predicted octanol–water partition coefficient (Wildman–Crippen LogP) is 1.10. The molecule has 0 saturated heterocycles. The molecule has 4 heteroatoms. The van der Waals surface area contributed by atoms with Gasteiger partial charge in [-0.05, 0) is 26.3 Å². The Kier molecular flexibility index (Phi) is 6.52. The molecule has 4 nitrogen and oxygen atoms in total. The first-order chi connectivity index (χ1) is 8.19. The third-order valence-electron chi connectivity index (χ3n) is 3.70. The quantitative estimate of drug-likeness (QED) is 0.732. The zero-order valence-electron chi connectivity index (χ0n) is 11.2. The Morgan fingerprint density at radius 3 is 2.59 bits per heavy atom. The van der Waals surface area contributed by atoms with Gasteiger partial charge >= 0.3 is 0 Å². The van der Waals surface area contributed by atoms with Crippen LogP contribution in [0.2, 0.25) is 0 Å². The summed E-state index contributed by atoms with van der Waals surface area (Å²) in [5, 5.41) is 3.17. The topological polar surface area (TPSA) is 58.4 Å². The van der Waals surface area contributed by atoms with Gasteiger partial charge in [0.05, 0.1) is 6.04 Å². The molecular weight excluding hydrogens is 214 g/mol. The van der Waals surface area contributed by atoms with Crippen molar-refractivity contribution in [3.8, 4) is 0 Å². The van der Waals surface area contributed by atoms with Crippen molar-refractivity contribution in [2.45, 2.75) is 58.0 Å². The number of amides is 1. The lowest BCUT2D eigenvalue weighted by molar-refractivity contribution is -0.126. The van der Waals surface area contributed by atoms with E-state index in [1.54, 1.807) is 0 Å². The number of carbonyl (C=O) groups is 1. The van der Waals surface area contributed by atoms with E-state index in [1.165, 1.54) is 19.3 Å². The summed E-state index contributed by atoms with van der Waals surface area (Å²) >= 11 is 0. The number of hydrogen-bond donors (Lipinski definition) is 2. The minimum atomic E-state index is -0.0644. The summed E-state index contributed by atoms with van der Waals surface area (Å²) in [7, 11) is 0. The summed E-state index contributed by atoms with van der Waals surface area (Å²) < 4.78 is 0. The highest BCUT2D eigenvalue weighted by Crippen LogP contribution is 2.17. The minimum Gasteiger partial charge on any atom is -0.352 e. The smallest absolute Gasteiger partial charge is 0.237 e. The summed E-state index contributed by atoms with van der Waals surface area (Å²) in [6.07, 6.45) is 6.10. The molecule has 1 amide bonds. The second-order valence-corrected chi connectivity index (χ2v) is 4.94. The summed E-state index contributed by atoms with van der Waals surface area (Å²) in [4.78, 5) is 14.2. The molecule has 1 atom stereocenters. The van der Waals surface area contributed by atoms with Crippen LogP contribution in [0.25, 0.3) is 0 Å². The van der Waals surface area contributed by atoms with Crippen LogP contribution in [-0.2, 0) is 4.79 Å². The molecule has 1 aliphatic carbocycles. The first-order valence-electron chi connectivity index (χ1n) is 6.93. The number of nitrogens with one attached hydrogen (secondary N) is 1. The Hall–Kier alpha value is -0.610. The van der Waals surface area contributed by atoms with Crippen molar-refractivity contribution < 1.29 is 4.79 Å². The lowest BCUT2D eigenvalue weighted by atomic mass is 9.95. The molecule has 0 aromatic carbocycles. The van der Waals surface area contributed by atoms with E-state index in [9.17, 15) is 4.79 Å². The maximum atomic E-state index is 12.1. The molecule has 0 heterocycles. The van der Waals surface area contributed by atoms with Crippen LogP contribution in [0, 0.1) is 0 Å². The highest BCUT2D eigenvalue weighted by atomic mass is 16.2. The van der Waals surface area contributed by atoms with E-state index in [4.69, 9.17) is 5.73 Å². The Morgan fingerprint density at radius 2 is 2.06 bits per heavy atom. The van der Waals surface area contributed by atoms with Gasteiger partial charge in [0, 0.05) is 19.1 Å². The highest BCUT2D eigenvalue weighted by Gasteiger charge is 2.22. The number of nitrogens with two attached hydrogens (primary N) is 1. The molecule has 0 aliphatic heterocycles. The molecule has 0 aromatic heterocycles. The van der Waals surface area contributed by atoms with Crippen molar-refractivity contribution in [2.75, 3.05) is 19.6 Å². The van der Waals surface area contributed by atoms with Gasteiger partial charge in [-0.15, -0.1) is 0 Å². The van der Waals surface area contributed by atoms with Crippen molar-refractivity contribution in [1.82, 2.24) is 10.2 Å². The van der Waals surface area contributed by atoms with Gasteiger partial charge < -0.3 is 11.1 Å². The zero-order valence-corrected chi connectivity index (χ0v) is 11.2. The van der Waals surface area contributed by atoms with Gasteiger partial charge in [-0.1, -0.05) is 26.2 Å². The second kappa shape index (κ2) is 7.67. The number of carbonyl (C=O) groups excluding carboxylic acids is 1. The molecule has 0 bridgehead atoms. The van der Waals surface area contributed by atoms with E-state index in [2.05, 4.69) is 17.1 Å². The van der Waals surface area contributed by atoms with Gasteiger partial charge in [0.1, 0.15) is 0 Å². The molecular formula is C13H27N3O. The molecule has 1 unspecified atom stereocenters. The molecule has 1 rings (SSSR count). The van der Waals surface area contributed by atoms with Crippen LogP contribution >= 0.6 is 0 Å². The number of likely N-dealkylation sites (N-methyl/N-ethyl adjacent to an activating group) is 1. The third kappa shape index (κ3) is 4.64. The molecule has 3 N–H and O–H groups in total. The highest BCUT2D eigenvalue weighted by molar-refractivity contribution is 5.81. The zero-order chi connectivity index (χ0) is 12.7. The lowest BCUT2D eigenvalue weighted by Crippen LogP contribution is -2.49. The molecule has 0 spiro atoms. The summed E-state index contributed by atoms with van der Waals surface area (Å²) in [5.41, 5.74) is 5.55. The van der Waals surface area contributed by atoms with Crippen molar-refractivity contribution in [3.05, 3.63) is 0 Å². The van der Waals surface area contributed by atoms with E-state index in [-0.39, 0.29) is 11.9 Å². The molecule has 0 aromatic rings. The lowest BCUT2D eigenvalue weighted by Gasteiger charge is -2.29. The summed E-state index contributed by atoms with van der Waals surface area (Å²) in [6, 6.07) is 0.334. The Labute approximate surface area is 105 Å². The van der Waals surface area contributed by atoms with Crippen molar-refractivity contribution in [3.63, 3.8) is 0 Å². The molecule has 1 saturated carbocycles. The number of nitrogens with zero attached hydrogens (tertiary/aromatic N) is 1. The van der Waals surface area contributed by atoms with Gasteiger partial charge in [-0.2, -0.15) is 0 Å². The van der Waals surface area contributed by atoms with Crippen molar-refractivity contribution in [2.24, 2.45) is 5.73 Å². The second-order valence-electron chi connectivity index (χ2n) is 4.94. The van der Waals surface area contributed by atoms with Gasteiger partial charge in [0.15, 0.2) is 0 Å². The van der Waals surface area contributed by atoms with Crippen molar-refractivity contribution >= 4 is 5.91 Å². The fraction of sp³-hybridized carbons (Fsp3) is 0.923. The molecule has 100 valence electrons. The van der Waals surface area contributed by atoms with E-state index in [0.717, 1.165) is 25.9 Å². The monoisotopic (exact) mass is 241 g/mol. The van der Waals surface area contributed by atoms with E-state index < -0.39 is 0 Å². The van der Waals surface area contributed by atoms with Crippen LogP contribution in [0.5, 0.6) is 0 Å². The van der Waals surface area contributed by atoms with Gasteiger partial charge in [-0.25, -0.2) is 0 Å². The van der Waals surface area contributed by atoms with E-state index in [0.29, 0.717) is 12.6 Å². The summed E-state index contributed by atoms with van der Waals surface area (Å²) in [6.45, 7) is 6.30. The van der Waals surface area contributed by atoms with Gasteiger partial charge in [0.25, 0.3) is 0 Å². The maximum Gasteiger partial charge on any atom is 0.237 e. The molecule has 0 radical (unpaired) electrons. The standard InChI is InChI=1S/C13H27N3O/c1-3-16(10-9-14)11(2)13(17)15-12-7-5-4-6-8-12/h11-12H,3-10,14H2,1-2H3,(H,15,17). The fourth-order valence-electron chi connectivity index (χ4n) is 2.53. The van der Waals surface area contributed by atoms with Crippen LogP contribution in [0.1, 0.15) is 46.0 Å². The minimum absolute atomic E-state index is 0.0644. The molecule has 1 fully saturated rings. The van der Waals surface area contributed by atoms with E-state index in [1.807, 2.05) is 6.92 Å². The summed E-state index contributed by atoms with van der Waals surface area (Å²) in [5.74, 6) is 0.159.